The van der Waals surface area contributed by atoms with E-state index in [-0.39, 0.29) is 29.5 Å². The zero-order valence-electron chi connectivity index (χ0n) is 9.63. The summed E-state index contributed by atoms with van der Waals surface area (Å²) in [4.78, 5) is 4.71. The van der Waals surface area contributed by atoms with Gasteiger partial charge in [0.25, 0.3) is 0 Å². The first kappa shape index (κ1) is 10.8. The standard InChI is InChI=1S/C11H7N5Se2/c1-4-3-6-7(9-10(4)17-16-14-9)12-5(2)11-8(6)13-15-18-11/h3H,1-2H3. The Morgan fingerprint density at radius 1 is 0.889 bits per heavy atom. The molecule has 0 aliphatic heterocycles. The van der Waals surface area contributed by atoms with Crippen molar-refractivity contribution in [2.45, 2.75) is 13.8 Å². The normalized spacial score (nSPS) is 11.9. The Balaban J connectivity index is 2.40. The molecular weight excluding hydrogens is 360 g/mol. The van der Waals surface area contributed by atoms with Gasteiger partial charge in [0.05, 0.1) is 0 Å². The molecule has 88 valence electrons. The number of aromatic nitrogens is 5. The summed E-state index contributed by atoms with van der Waals surface area (Å²) >= 11 is 0.187. The van der Waals surface area contributed by atoms with Crippen LogP contribution < -0.4 is 0 Å². The van der Waals surface area contributed by atoms with Crippen LogP contribution in [0.3, 0.4) is 0 Å². The monoisotopic (exact) mass is 369 g/mol. The third-order valence-electron chi connectivity index (χ3n) is 3.04. The number of fused-ring (bicyclic) bond motifs is 5. The summed E-state index contributed by atoms with van der Waals surface area (Å²) in [5, 5.41) is 9.65. The van der Waals surface area contributed by atoms with Crippen LogP contribution in [-0.2, 0) is 0 Å². The van der Waals surface area contributed by atoms with E-state index in [1.807, 2.05) is 6.92 Å². The zero-order chi connectivity index (χ0) is 12.3. The summed E-state index contributed by atoms with van der Waals surface area (Å²) in [5.74, 6) is 0. The molecule has 4 rings (SSSR count). The number of aryl methyl sites for hydroxylation is 2. The first-order valence-corrected chi connectivity index (χ1v) is 8.64. The second-order valence-corrected chi connectivity index (χ2v) is 7.35. The summed E-state index contributed by atoms with van der Waals surface area (Å²) in [6.07, 6.45) is 0. The van der Waals surface area contributed by atoms with E-state index < -0.39 is 0 Å². The molecule has 5 nitrogen and oxygen atoms in total. The molecule has 0 bridgehead atoms. The quantitative estimate of drug-likeness (QED) is 0.432. The van der Waals surface area contributed by atoms with Crippen molar-refractivity contribution in [1.29, 1.82) is 0 Å². The average molecular weight is 367 g/mol. The Kier molecular flexibility index (Phi) is 2.20. The van der Waals surface area contributed by atoms with Gasteiger partial charge >= 0.3 is 114 Å². The Morgan fingerprint density at radius 2 is 1.61 bits per heavy atom. The van der Waals surface area contributed by atoms with Crippen molar-refractivity contribution in [1.82, 2.24) is 23.4 Å². The molecule has 0 unspecified atom stereocenters. The van der Waals surface area contributed by atoms with Crippen molar-refractivity contribution in [2.75, 3.05) is 0 Å². The van der Waals surface area contributed by atoms with Crippen LogP contribution in [0.1, 0.15) is 11.3 Å². The number of hydrogen-bond acceptors (Lipinski definition) is 5. The fourth-order valence-corrected chi connectivity index (χ4v) is 4.82. The van der Waals surface area contributed by atoms with Crippen molar-refractivity contribution in [3.05, 3.63) is 17.3 Å². The molecular formula is C11H7N5Se2. The molecule has 3 heterocycles. The van der Waals surface area contributed by atoms with E-state index in [2.05, 4.69) is 31.4 Å². The molecule has 0 aliphatic carbocycles. The minimum absolute atomic E-state index is 0.0823. The molecule has 4 aromatic rings. The van der Waals surface area contributed by atoms with Crippen LogP contribution in [0.2, 0.25) is 0 Å². The number of nitrogens with zero attached hydrogens (tertiary/aromatic N) is 5. The van der Waals surface area contributed by atoms with Crippen LogP contribution in [0.5, 0.6) is 0 Å². The van der Waals surface area contributed by atoms with Gasteiger partial charge in [0.1, 0.15) is 0 Å². The van der Waals surface area contributed by atoms with Gasteiger partial charge in [-0.1, -0.05) is 0 Å². The van der Waals surface area contributed by atoms with Gasteiger partial charge in [0.2, 0.25) is 0 Å². The van der Waals surface area contributed by atoms with E-state index in [1.54, 1.807) is 0 Å². The van der Waals surface area contributed by atoms with Gasteiger partial charge in [-0.05, 0) is 0 Å². The molecule has 0 fully saturated rings. The topological polar surface area (TPSA) is 64.5 Å². The second kappa shape index (κ2) is 3.68. The SMILES string of the molecule is Cc1nc2c(cc(C)c3[se]nnc32)c2nn[se]c12. The van der Waals surface area contributed by atoms with Crippen molar-refractivity contribution >= 4 is 59.9 Å². The van der Waals surface area contributed by atoms with E-state index in [9.17, 15) is 0 Å². The molecule has 7 heteroatoms. The third-order valence-corrected chi connectivity index (χ3v) is 6.60. The molecule has 0 aliphatic rings. The van der Waals surface area contributed by atoms with Crippen molar-refractivity contribution in [2.24, 2.45) is 0 Å². The zero-order valence-corrected chi connectivity index (χ0v) is 13.1. The maximum atomic E-state index is 4.71. The Morgan fingerprint density at radius 3 is 2.44 bits per heavy atom. The van der Waals surface area contributed by atoms with Gasteiger partial charge in [0.15, 0.2) is 0 Å². The van der Waals surface area contributed by atoms with Crippen molar-refractivity contribution in [3.63, 3.8) is 0 Å². The average Bonchev–Trinajstić information content (AvgIpc) is 2.98. The third kappa shape index (κ3) is 1.30. The summed E-state index contributed by atoms with van der Waals surface area (Å²) in [5.41, 5.74) is 5.16. The van der Waals surface area contributed by atoms with Crippen LogP contribution in [0, 0.1) is 13.8 Å². The van der Waals surface area contributed by atoms with E-state index in [0.29, 0.717) is 0 Å². The van der Waals surface area contributed by atoms with Gasteiger partial charge in [-0.3, -0.25) is 0 Å². The van der Waals surface area contributed by atoms with E-state index in [1.165, 1.54) is 14.1 Å². The molecule has 0 amide bonds. The van der Waals surface area contributed by atoms with Gasteiger partial charge < -0.3 is 0 Å². The molecule has 0 spiro atoms. The van der Waals surface area contributed by atoms with Gasteiger partial charge in [-0.15, -0.1) is 0 Å². The summed E-state index contributed by atoms with van der Waals surface area (Å²) < 4.78 is 10.8. The molecule has 18 heavy (non-hydrogen) atoms. The predicted molar refractivity (Wildman–Crippen MR) is 71.3 cm³/mol. The van der Waals surface area contributed by atoms with E-state index >= 15 is 0 Å². The van der Waals surface area contributed by atoms with Gasteiger partial charge in [-0.2, -0.15) is 0 Å². The van der Waals surface area contributed by atoms with E-state index in [4.69, 9.17) is 4.98 Å². The molecule has 0 saturated heterocycles. The summed E-state index contributed by atoms with van der Waals surface area (Å²) in [6.45, 7) is 4.14. The Hall–Kier alpha value is -1.13. The first-order valence-electron chi connectivity index (χ1n) is 5.40. The number of hydrogen-bond donors (Lipinski definition) is 0. The fraction of sp³-hybridized carbons (Fsp3) is 0.182. The number of rotatable bonds is 0. The minimum atomic E-state index is 0.0823. The van der Waals surface area contributed by atoms with Crippen LogP contribution in [0.25, 0.3) is 30.5 Å². The molecule has 0 N–H and O–H groups in total. The summed E-state index contributed by atoms with van der Waals surface area (Å²) in [7, 11) is 0. The molecule has 0 saturated carbocycles. The van der Waals surface area contributed by atoms with Crippen LogP contribution in [-0.4, -0.2) is 52.8 Å². The molecule has 0 atom stereocenters. The van der Waals surface area contributed by atoms with Crippen molar-refractivity contribution < 1.29 is 0 Å². The predicted octanol–water partition coefficient (Wildman–Crippen LogP) is 0.852. The first-order chi connectivity index (χ1) is 8.75. The van der Waals surface area contributed by atoms with Crippen LogP contribution in [0.15, 0.2) is 6.07 Å². The molecule has 0 radical (unpaired) electrons. The van der Waals surface area contributed by atoms with Gasteiger partial charge in [-0.25, -0.2) is 0 Å². The van der Waals surface area contributed by atoms with E-state index in [0.717, 1.165) is 27.6 Å². The van der Waals surface area contributed by atoms with Crippen LogP contribution in [0.4, 0.5) is 0 Å². The van der Waals surface area contributed by atoms with Crippen molar-refractivity contribution in [3.8, 4) is 0 Å². The Labute approximate surface area is 114 Å². The number of pyridine rings is 1. The van der Waals surface area contributed by atoms with Crippen LogP contribution >= 0.6 is 0 Å². The summed E-state index contributed by atoms with van der Waals surface area (Å²) in [6, 6.07) is 2.16. The van der Waals surface area contributed by atoms with Gasteiger partial charge in [0, 0.05) is 0 Å². The second-order valence-electron chi connectivity index (χ2n) is 4.19. The molecule has 1 aromatic carbocycles. The molecule has 3 aromatic heterocycles. The Bertz CT molecular complexity index is 832. The number of benzene rings is 1. The maximum absolute atomic E-state index is 4.71. The fourth-order valence-electron chi connectivity index (χ4n) is 2.20.